The van der Waals surface area contributed by atoms with Crippen molar-refractivity contribution in [2.75, 3.05) is 72.5 Å². The molecule has 0 aromatic rings. The van der Waals surface area contributed by atoms with Gasteiger partial charge in [-0.1, -0.05) is 35.1 Å². The maximum atomic E-state index is 12.5. The van der Waals surface area contributed by atoms with Gasteiger partial charge in [-0.05, 0) is 83.3 Å². The Morgan fingerprint density at radius 2 is 1.13 bits per heavy atom. The second-order valence-corrected chi connectivity index (χ2v) is 13.6. The van der Waals surface area contributed by atoms with E-state index >= 15 is 0 Å². The molecule has 0 unspecified atom stereocenters. The van der Waals surface area contributed by atoms with Crippen LogP contribution in [-0.4, -0.2) is 116 Å². The van der Waals surface area contributed by atoms with Gasteiger partial charge in [0, 0.05) is 70.1 Å². The number of carboxylic acids is 1. The molecule has 0 bridgehead atoms. The van der Waals surface area contributed by atoms with Crippen molar-refractivity contribution in [1.82, 2.24) is 25.3 Å². The molecule has 2 aliphatic heterocycles. The first-order chi connectivity index (χ1) is 21.0. The summed E-state index contributed by atoms with van der Waals surface area (Å²) in [6.07, 6.45) is 7.98. The predicted molar refractivity (Wildman–Crippen MR) is 181 cm³/mol. The van der Waals surface area contributed by atoms with Crippen LogP contribution in [0.4, 0.5) is 0 Å². The van der Waals surface area contributed by atoms with Crippen LogP contribution >= 0.6 is 0 Å². The lowest BCUT2D eigenvalue weighted by Gasteiger charge is -2.38. The molecular weight excluding hydrogens is 572 g/mol. The van der Waals surface area contributed by atoms with Crippen LogP contribution in [-0.2, 0) is 19.2 Å². The standard InChI is InChI=1S/C16H29N3O2.C9H17NO2.C8H16N2O.CH4/c1-12(2)15(20)18-7-9-19(10-8-18)16(21)14-5-3-13(11-17)4-6-14;1-10-6-7-2-4-8(5-3-7)9(11)12;1-7(2)8(11)10-5-3-9-4-6-10;/h12-14H,3-11,17H2,1-2H3;7-8,10H,2-6H2,1H3,(H,11,12);7,9H,3-6H2,1-2H3;1H4. The van der Waals surface area contributed by atoms with Gasteiger partial charge < -0.3 is 36.2 Å². The molecule has 3 amide bonds. The zero-order chi connectivity index (χ0) is 32.6. The number of hydrogen-bond donors (Lipinski definition) is 4. The highest BCUT2D eigenvalue weighted by Gasteiger charge is 2.32. The van der Waals surface area contributed by atoms with Crippen LogP contribution in [0.25, 0.3) is 0 Å². The molecule has 0 radical (unpaired) electrons. The molecule has 5 N–H and O–H groups in total. The number of carbonyl (C=O) groups is 4. The maximum Gasteiger partial charge on any atom is 0.306 e. The van der Waals surface area contributed by atoms with E-state index < -0.39 is 5.97 Å². The number of nitrogens with one attached hydrogen (secondary N) is 2. The summed E-state index contributed by atoms with van der Waals surface area (Å²) in [7, 11) is 1.95. The molecule has 4 fully saturated rings. The fourth-order valence-corrected chi connectivity index (χ4v) is 6.57. The number of carboxylic acid groups (broad SMARTS) is 1. The molecule has 2 aliphatic carbocycles. The Labute approximate surface area is 273 Å². The third-order valence-electron chi connectivity index (χ3n) is 9.54. The molecular formula is C34H66N6O5. The molecule has 11 heteroatoms. The van der Waals surface area contributed by atoms with Crippen molar-refractivity contribution < 1.29 is 24.3 Å². The van der Waals surface area contributed by atoms with E-state index in [2.05, 4.69) is 10.6 Å². The number of amides is 3. The highest BCUT2D eigenvalue weighted by Crippen LogP contribution is 2.30. The summed E-state index contributed by atoms with van der Waals surface area (Å²) in [5, 5.41) is 15.1. The van der Waals surface area contributed by atoms with Crippen LogP contribution in [0, 0.1) is 35.5 Å². The molecule has 2 heterocycles. The molecule has 0 atom stereocenters. The molecule has 2 saturated carbocycles. The predicted octanol–water partition coefficient (Wildman–Crippen LogP) is 2.89. The maximum absolute atomic E-state index is 12.5. The lowest BCUT2D eigenvalue weighted by atomic mass is 9.81. The van der Waals surface area contributed by atoms with E-state index in [1.165, 1.54) is 0 Å². The van der Waals surface area contributed by atoms with Gasteiger partial charge in [0.25, 0.3) is 0 Å². The summed E-state index contributed by atoms with van der Waals surface area (Å²) in [6, 6.07) is 0. The van der Waals surface area contributed by atoms with Crippen LogP contribution in [0.3, 0.4) is 0 Å². The minimum atomic E-state index is -0.613. The lowest BCUT2D eigenvalue weighted by Crippen LogP contribution is -2.53. The molecule has 2 saturated heterocycles. The Morgan fingerprint density at radius 1 is 0.711 bits per heavy atom. The number of carbonyl (C=O) groups excluding carboxylic acids is 3. The quantitative estimate of drug-likeness (QED) is 0.333. The summed E-state index contributed by atoms with van der Waals surface area (Å²) in [5.74, 6) is 1.77. The van der Waals surface area contributed by atoms with E-state index in [0.29, 0.717) is 43.9 Å². The van der Waals surface area contributed by atoms with E-state index in [9.17, 15) is 19.2 Å². The van der Waals surface area contributed by atoms with Crippen molar-refractivity contribution >= 4 is 23.7 Å². The number of piperazine rings is 2. The van der Waals surface area contributed by atoms with E-state index in [4.69, 9.17) is 10.8 Å². The third-order valence-corrected chi connectivity index (χ3v) is 9.54. The van der Waals surface area contributed by atoms with Gasteiger partial charge in [-0.15, -0.1) is 0 Å². The molecule has 0 spiro atoms. The molecule has 262 valence electrons. The SMILES string of the molecule is C.CC(C)C(=O)N1CCN(C(=O)C2CCC(CN)CC2)CC1.CC(C)C(=O)N1CCNCC1.CNCC1CCC(C(=O)O)CC1. The molecule has 0 aromatic heterocycles. The zero-order valence-electron chi connectivity index (χ0n) is 28.2. The highest BCUT2D eigenvalue weighted by atomic mass is 16.4. The second kappa shape index (κ2) is 21.5. The van der Waals surface area contributed by atoms with Gasteiger partial charge in [-0.2, -0.15) is 0 Å². The molecule has 4 rings (SSSR count). The number of rotatable bonds is 7. The molecule has 0 aromatic carbocycles. The average molecular weight is 639 g/mol. The van der Waals surface area contributed by atoms with Gasteiger partial charge in [0.2, 0.25) is 17.7 Å². The summed E-state index contributed by atoms with van der Waals surface area (Å²) < 4.78 is 0. The van der Waals surface area contributed by atoms with Gasteiger partial charge in [-0.25, -0.2) is 0 Å². The second-order valence-electron chi connectivity index (χ2n) is 13.6. The first kappa shape index (κ1) is 40.8. The first-order valence-corrected chi connectivity index (χ1v) is 17.1. The molecule has 45 heavy (non-hydrogen) atoms. The van der Waals surface area contributed by atoms with Crippen LogP contribution in [0.2, 0.25) is 0 Å². The van der Waals surface area contributed by atoms with E-state index in [0.717, 1.165) is 90.6 Å². The van der Waals surface area contributed by atoms with Crippen molar-refractivity contribution in [1.29, 1.82) is 0 Å². The van der Waals surface area contributed by atoms with Crippen molar-refractivity contribution in [3.63, 3.8) is 0 Å². The Kier molecular flexibility index (Phi) is 19.5. The fraction of sp³-hybridized carbons (Fsp3) is 0.882. The Bertz CT molecular complexity index is 870. The normalized spacial score (nSPS) is 25.3. The third kappa shape index (κ3) is 14.0. The summed E-state index contributed by atoms with van der Waals surface area (Å²) >= 11 is 0. The van der Waals surface area contributed by atoms with Crippen LogP contribution in [0.15, 0.2) is 0 Å². The van der Waals surface area contributed by atoms with Gasteiger partial charge in [-0.3, -0.25) is 19.2 Å². The lowest BCUT2D eigenvalue weighted by molar-refractivity contribution is -0.144. The first-order valence-electron chi connectivity index (χ1n) is 17.1. The van der Waals surface area contributed by atoms with Crippen molar-refractivity contribution in [2.24, 2.45) is 41.2 Å². The van der Waals surface area contributed by atoms with Crippen molar-refractivity contribution in [3.8, 4) is 0 Å². The fourth-order valence-electron chi connectivity index (χ4n) is 6.57. The monoisotopic (exact) mass is 639 g/mol. The number of nitrogens with zero attached hydrogens (tertiary/aromatic N) is 3. The van der Waals surface area contributed by atoms with Gasteiger partial charge in [0.1, 0.15) is 0 Å². The van der Waals surface area contributed by atoms with Gasteiger partial charge in [0.05, 0.1) is 5.92 Å². The topological polar surface area (TPSA) is 148 Å². The largest absolute Gasteiger partial charge is 0.481 e. The Morgan fingerprint density at radius 3 is 1.56 bits per heavy atom. The van der Waals surface area contributed by atoms with Crippen LogP contribution in [0.1, 0.15) is 86.5 Å². The van der Waals surface area contributed by atoms with Crippen molar-refractivity contribution in [2.45, 2.75) is 86.5 Å². The van der Waals surface area contributed by atoms with E-state index in [1.54, 1.807) is 0 Å². The van der Waals surface area contributed by atoms with E-state index in [1.807, 2.05) is 49.4 Å². The average Bonchev–Trinajstić information content (AvgIpc) is 3.05. The summed E-state index contributed by atoms with van der Waals surface area (Å²) in [5.41, 5.74) is 5.70. The summed E-state index contributed by atoms with van der Waals surface area (Å²) in [6.45, 7) is 15.9. The molecule has 4 aliphatic rings. The number of nitrogens with two attached hydrogens (primary N) is 1. The Hall–Kier alpha value is -2.24. The minimum absolute atomic E-state index is 0. The van der Waals surface area contributed by atoms with E-state index in [-0.39, 0.29) is 42.9 Å². The van der Waals surface area contributed by atoms with Gasteiger partial charge in [0.15, 0.2) is 0 Å². The highest BCUT2D eigenvalue weighted by molar-refractivity contribution is 5.81. The zero-order valence-corrected chi connectivity index (χ0v) is 28.2. The van der Waals surface area contributed by atoms with Crippen LogP contribution in [0.5, 0.6) is 0 Å². The Balaban J connectivity index is 0.000000361. The smallest absolute Gasteiger partial charge is 0.306 e. The van der Waals surface area contributed by atoms with Crippen LogP contribution < -0.4 is 16.4 Å². The van der Waals surface area contributed by atoms with Crippen molar-refractivity contribution in [3.05, 3.63) is 0 Å². The number of aliphatic carboxylic acids is 1. The molecule has 11 nitrogen and oxygen atoms in total. The number of hydrogen-bond acceptors (Lipinski definition) is 7. The minimum Gasteiger partial charge on any atom is -0.481 e. The summed E-state index contributed by atoms with van der Waals surface area (Å²) in [4.78, 5) is 52.3. The van der Waals surface area contributed by atoms with Gasteiger partial charge >= 0.3 is 5.97 Å².